The number of amides is 1. The summed E-state index contributed by atoms with van der Waals surface area (Å²) in [6.45, 7) is 2.15. The minimum Gasteiger partial charge on any atom is -0.311 e. The van der Waals surface area contributed by atoms with Crippen molar-refractivity contribution in [2.45, 2.75) is 13.0 Å². The van der Waals surface area contributed by atoms with Gasteiger partial charge in [-0.05, 0) is 29.3 Å². The van der Waals surface area contributed by atoms with Gasteiger partial charge in [0.05, 0.1) is 6.42 Å². The number of nitrogens with one attached hydrogen (secondary N) is 1. The maximum Gasteiger partial charge on any atom is 0.231 e. The van der Waals surface area contributed by atoms with Gasteiger partial charge in [0.2, 0.25) is 5.91 Å². The lowest BCUT2D eigenvalue weighted by molar-refractivity contribution is -0.118. The highest BCUT2D eigenvalue weighted by Gasteiger charge is 2.20. The van der Waals surface area contributed by atoms with E-state index in [-0.39, 0.29) is 18.1 Å². The van der Waals surface area contributed by atoms with E-state index in [9.17, 15) is 9.18 Å². The molecule has 3 nitrogen and oxygen atoms in total. The fourth-order valence-electron chi connectivity index (χ4n) is 2.63. The molecule has 1 aliphatic heterocycles. The van der Waals surface area contributed by atoms with Gasteiger partial charge < -0.3 is 10.2 Å². The number of carbonyl (C=O) groups excluding carboxylic acids is 1. The van der Waals surface area contributed by atoms with E-state index in [0.717, 1.165) is 24.3 Å². The van der Waals surface area contributed by atoms with E-state index in [2.05, 4.69) is 5.32 Å². The molecule has 1 heterocycles. The van der Waals surface area contributed by atoms with Gasteiger partial charge in [0, 0.05) is 25.3 Å². The highest BCUT2D eigenvalue weighted by molar-refractivity contribution is 5.95. The highest BCUT2D eigenvalue weighted by Crippen LogP contribution is 2.23. The minimum atomic E-state index is -0.307. The van der Waals surface area contributed by atoms with E-state index in [1.54, 1.807) is 17.0 Å². The summed E-state index contributed by atoms with van der Waals surface area (Å²) in [7, 11) is 0. The summed E-state index contributed by atoms with van der Waals surface area (Å²) >= 11 is 0. The van der Waals surface area contributed by atoms with Crippen LogP contribution in [-0.2, 0) is 17.8 Å². The molecule has 0 bridgehead atoms. The lowest BCUT2D eigenvalue weighted by Crippen LogP contribution is -2.35. The van der Waals surface area contributed by atoms with Crippen molar-refractivity contribution >= 4 is 11.6 Å². The zero-order chi connectivity index (χ0) is 14.7. The summed E-state index contributed by atoms with van der Waals surface area (Å²) in [5.41, 5.74) is 2.76. The van der Waals surface area contributed by atoms with Crippen molar-refractivity contribution in [2.75, 3.05) is 18.0 Å². The van der Waals surface area contributed by atoms with Gasteiger partial charge in [-0.2, -0.15) is 0 Å². The quantitative estimate of drug-likeness (QED) is 0.919. The van der Waals surface area contributed by atoms with Gasteiger partial charge in [-0.1, -0.05) is 30.3 Å². The van der Waals surface area contributed by atoms with Crippen LogP contribution in [0, 0.1) is 5.82 Å². The van der Waals surface area contributed by atoms with Crippen molar-refractivity contribution in [3.8, 4) is 0 Å². The second kappa shape index (κ2) is 6.06. The number of fused-ring (bicyclic) bond motifs is 1. The first-order valence-electron chi connectivity index (χ1n) is 7.07. The van der Waals surface area contributed by atoms with Gasteiger partial charge in [0.15, 0.2) is 0 Å². The summed E-state index contributed by atoms with van der Waals surface area (Å²) in [6.07, 6.45) is 0.214. The first-order valence-corrected chi connectivity index (χ1v) is 7.07. The van der Waals surface area contributed by atoms with E-state index in [0.29, 0.717) is 12.1 Å². The summed E-state index contributed by atoms with van der Waals surface area (Å²) < 4.78 is 13.2. The Labute approximate surface area is 123 Å². The fraction of sp³-hybridized carbons (Fsp3) is 0.235. The molecule has 0 spiro atoms. The van der Waals surface area contributed by atoms with Crippen LogP contribution in [0.2, 0.25) is 0 Å². The largest absolute Gasteiger partial charge is 0.311 e. The van der Waals surface area contributed by atoms with Crippen LogP contribution in [0.25, 0.3) is 0 Å². The normalized spacial score (nSPS) is 14.4. The topological polar surface area (TPSA) is 32.3 Å². The highest BCUT2D eigenvalue weighted by atomic mass is 19.1. The van der Waals surface area contributed by atoms with Crippen LogP contribution in [0.5, 0.6) is 0 Å². The van der Waals surface area contributed by atoms with E-state index in [1.165, 1.54) is 12.1 Å². The Balaban J connectivity index is 1.84. The zero-order valence-corrected chi connectivity index (χ0v) is 11.7. The molecule has 1 N–H and O–H groups in total. The van der Waals surface area contributed by atoms with Gasteiger partial charge in [-0.25, -0.2) is 4.39 Å². The molecule has 0 saturated carbocycles. The van der Waals surface area contributed by atoms with Gasteiger partial charge in [-0.3, -0.25) is 4.79 Å². The molecule has 1 amide bonds. The fourth-order valence-corrected chi connectivity index (χ4v) is 2.63. The number of carbonyl (C=O) groups is 1. The molecule has 3 rings (SSSR count). The second-order valence-corrected chi connectivity index (χ2v) is 5.16. The van der Waals surface area contributed by atoms with E-state index >= 15 is 0 Å². The Morgan fingerprint density at radius 3 is 2.90 bits per heavy atom. The third kappa shape index (κ3) is 3.11. The van der Waals surface area contributed by atoms with E-state index < -0.39 is 0 Å². The van der Waals surface area contributed by atoms with Crippen LogP contribution < -0.4 is 10.2 Å². The molecule has 21 heavy (non-hydrogen) atoms. The lowest BCUT2D eigenvalue weighted by Gasteiger charge is -2.22. The van der Waals surface area contributed by atoms with Crippen molar-refractivity contribution < 1.29 is 9.18 Å². The van der Waals surface area contributed by atoms with Crippen molar-refractivity contribution in [2.24, 2.45) is 0 Å². The molecule has 0 radical (unpaired) electrons. The van der Waals surface area contributed by atoms with E-state index in [1.807, 2.05) is 24.3 Å². The number of para-hydroxylation sites is 1. The number of hydrogen-bond acceptors (Lipinski definition) is 2. The van der Waals surface area contributed by atoms with E-state index in [4.69, 9.17) is 0 Å². The molecule has 108 valence electrons. The SMILES string of the molecule is O=C(Cc1cccc(F)c1)N1CCNCc2ccccc21. The van der Waals surface area contributed by atoms with Gasteiger partial charge in [0.1, 0.15) is 5.82 Å². The van der Waals surface area contributed by atoms with Crippen molar-refractivity contribution in [1.82, 2.24) is 5.32 Å². The monoisotopic (exact) mass is 284 g/mol. The lowest BCUT2D eigenvalue weighted by atomic mass is 10.1. The third-order valence-electron chi connectivity index (χ3n) is 3.66. The van der Waals surface area contributed by atoms with Crippen LogP contribution in [0.4, 0.5) is 10.1 Å². The molecule has 1 aliphatic rings. The molecule has 0 aromatic heterocycles. The average molecular weight is 284 g/mol. The predicted octanol–water partition coefficient (Wildman–Crippen LogP) is 2.50. The Kier molecular flexibility index (Phi) is 3.97. The number of nitrogens with zero attached hydrogens (tertiary/aromatic N) is 1. The molecule has 4 heteroatoms. The maximum absolute atomic E-state index is 13.2. The Bertz CT molecular complexity index is 657. The molecule has 0 saturated heterocycles. The molecule has 0 unspecified atom stereocenters. The number of halogens is 1. The Morgan fingerprint density at radius 2 is 2.05 bits per heavy atom. The molecule has 2 aromatic rings. The van der Waals surface area contributed by atoms with Crippen LogP contribution in [0.3, 0.4) is 0 Å². The maximum atomic E-state index is 13.2. The smallest absolute Gasteiger partial charge is 0.231 e. The molecule has 0 aliphatic carbocycles. The van der Waals surface area contributed by atoms with Crippen molar-refractivity contribution in [3.63, 3.8) is 0 Å². The summed E-state index contributed by atoms with van der Waals surface area (Å²) in [5, 5.41) is 3.31. The molecule has 2 aromatic carbocycles. The van der Waals surface area contributed by atoms with Crippen LogP contribution in [-0.4, -0.2) is 19.0 Å². The first-order chi connectivity index (χ1) is 10.2. The average Bonchev–Trinajstić information content (AvgIpc) is 2.69. The van der Waals surface area contributed by atoms with Crippen LogP contribution in [0.15, 0.2) is 48.5 Å². The number of rotatable bonds is 2. The number of benzene rings is 2. The molecule has 0 fully saturated rings. The number of anilines is 1. The molecule has 0 atom stereocenters. The second-order valence-electron chi connectivity index (χ2n) is 5.16. The summed E-state index contributed by atoms with van der Waals surface area (Å²) in [4.78, 5) is 14.4. The minimum absolute atomic E-state index is 0.00301. The standard InChI is InChI=1S/C17H17FN2O/c18-15-6-3-4-13(10-15)11-17(21)20-9-8-19-12-14-5-1-2-7-16(14)20/h1-7,10,19H,8-9,11-12H2. The first kappa shape index (κ1) is 13.8. The predicted molar refractivity (Wildman–Crippen MR) is 80.6 cm³/mol. The van der Waals surface area contributed by atoms with Gasteiger partial charge >= 0.3 is 0 Å². The molecular formula is C17H17FN2O. The van der Waals surface area contributed by atoms with Gasteiger partial charge in [0.25, 0.3) is 0 Å². The number of hydrogen-bond donors (Lipinski definition) is 1. The third-order valence-corrected chi connectivity index (χ3v) is 3.66. The van der Waals surface area contributed by atoms with Gasteiger partial charge in [-0.15, -0.1) is 0 Å². The Morgan fingerprint density at radius 1 is 1.19 bits per heavy atom. The molecular weight excluding hydrogens is 267 g/mol. The summed E-state index contributed by atoms with van der Waals surface area (Å²) in [5.74, 6) is -0.310. The Hall–Kier alpha value is -2.20. The van der Waals surface area contributed by atoms with Crippen molar-refractivity contribution in [1.29, 1.82) is 0 Å². The van der Waals surface area contributed by atoms with Crippen LogP contribution in [0.1, 0.15) is 11.1 Å². The zero-order valence-electron chi connectivity index (χ0n) is 11.7. The van der Waals surface area contributed by atoms with Crippen molar-refractivity contribution in [3.05, 3.63) is 65.5 Å². The van der Waals surface area contributed by atoms with Crippen LogP contribution >= 0.6 is 0 Å². The summed E-state index contributed by atoms with van der Waals surface area (Å²) in [6, 6.07) is 14.1.